The summed E-state index contributed by atoms with van der Waals surface area (Å²) < 4.78 is 5.17. The quantitative estimate of drug-likeness (QED) is 0.833. The maximum absolute atomic E-state index is 11.9. The molecule has 0 aliphatic carbocycles. The number of carbonyl (C=O) groups is 1. The Balaban J connectivity index is 1.88. The predicted molar refractivity (Wildman–Crippen MR) is 81.0 cm³/mol. The number of nitrogens with two attached hydrogens (primary N) is 1. The number of benzene rings is 2. The molecule has 2 aromatic rings. The van der Waals surface area contributed by atoms with Crippen molar-refractivity contribution in [3.63, 3.8) is 0 Å². The van der Waals surface area contributed by atoms with Crippen molar-refractivity contribution in [3.05, 3.63) is 64.7 Å². The Morgan fingerprint density at radius 1 is 1.19 bits per heavy atom. The zero-order valence-corrected chi connectivity index (χ0v) is 12.1. The Kier molecular flexibility index (Phi) is 5.20. The topological polar surface area (TPSA) is 72.5 Å². The van der Waals surface area contributed by atoms with Gasteiger partial charge in [0.15, 0.2) is 0 Å². The molecule has 4 nitrogen and oxygen atoms in total. The number of esters is 1. The molecule has 5 heteroatoms. The van der Waals surface area contributed by atoms with Crippen LogP contribution in [-0.4, -0.2) is 17.1 Å². The summed E-state index contributed by atoms with van der Waals surface area (Å²) in [5, 5.41) is 9.75. The number of hydrogen-bond acceptors (Lipinski definition) is 4. The van der Waals surface area contributed by atoms with Gasteiger partial charge in [0.1, 0.15) is 18.4 Å². The van der Waals surface area contributed by atoms with E-state index in [-0.39, 0.29) is 12.4 Å². The molecule has 1 atom stereocenters. The van der Waals surface area contributed by atoms with E-state index in [0.717, 1.165) is 11.1 Å². The maximum Gasteiger partial charge on any atom is 0.323 e. The first-order valence-electron chi connectivity index (χ1n) is 6.50. The average Bonchev–Trinajstić information content (AvgIpc) is 2.48. The van der Waals surface area contributed by atoms with Gasteiger partial charge in [-0.1, -0.05) is 41.9 Å². The molecule has 0 unspecified atom stereocenters. The molecular weight excluding hydrogens is 290 g/mol. The number of hydrogen-bond donors (Lipinski definition) is 2. The van der Waals surface area contributed by atoms with Crippen LogP contribution in [0.3, 0.4) is 0 Å². The van der Waals surface area contributed by atoms with Crippen LogP contribution in [0.4, 0.5) is 0 Å². The van der Waals surface area contributed by atoms with Crippen LogP contribution in [0.15, 0.2) is 48.5 Å². The Bertz CT molecular complexity index is 613. The molecule has 0 fully saturated rings. The molecule has 3 N–H and O–H groups in total. The summed E-state index contributed by atoms with van der Waals surface area (Å²) >= 11 is 5.99. The molecule has 0 bridgehead atoms. The van der Waals surface area contributed by atoms with Crippen molar-refractivity contribution in [2.75, 3.05) is 0 Å². The number of ether oxygens (including phenoxy) is 1. The van der Waals surface area contributed by atoms with Crippen molar-refractivity contribution in [1.29, 1.82) is 0 Å². The number of phenolic OH excluding ortho intramolecular Hbond substituents is 1. The van der Waals surface area contributed by atoms with Crippen molar-refractivity contribution in [1.82, 2.24) is 0 Å². The van der Waals surface area contributed by atoms with Gasteiger partial charge in [0.25, 0.3) is 0 Å². The van der Waals surface area contributed by atoms with Gasteiger partial charge in [0, 0.05) is 10.6 Å². The number of phenols is 1. The predicted octanol–water partition coefficient (Wildman–Crippen LogP) is 2.66. The minimum Gasteiger partial charge on any atom is -0.508 e. The lowest BCUT2D eigenvalue weighted by molar-refractivity contribution is -0.146. The third kappa shape index (κ3) is 4.48. The maximum atomic E-state index is 11.9. The minimum atomic E-state index is -0.753. The summed E-state index contributed by atoms with van der Waals surface area (Å²) in [4.78, 5) is 11.9. The summed E-state index contributed by atoms with van der Waals surface area (Å²) in [6, 6.07) is 13.0. The lowest BCUT2D eigenvalue weighted by atomic mass is 10.1. The molecule has 2 aromatic carbocycles. The van der Waals surface area contributed by atoms with E-state index in [1.54, 1.807) is 36.4 Å². The molecule has 21 heavy (non-hydrogen) atoms. The van der Waals surface area contributed by atoms with Crippen LogP contribution in [0.1, 0.15) is 11.1 Å². The summed E-state index contributed by atoms with van der Waals surface area (Å²) in [6.45, 7) is 0.0990. The molecule has 0 aliphatic rings. The molecule has 0 aromatic heterocycles. The third-order valence-corrected chi connectivity index (χ3v) is 3.39. The standard InChI is InChI=1S/C16H16ClNO3/c17-14-4-2-1-3-12(14)10-21-16(20)15(18)9-11-5-7-13(19)8-6-11/h1-8,15,19H,9-10,18H2/t15-/m0/s1. The molecular formula is C16H16ClNO3. The van der Waals surface area contributed by atoms with Gasteiger partial charge in [-0.3, -0.25) is 4.79 Å². The van der Waals surface area contributed by atoms with Crippen LogP contribution < -0.4 is 5.73 Å². The van der Waals surface area contributed by atoms with E-state index < -0.39 is 12.0 Å². The van der Waals surface area contributed by atoms with Crippen LogP contribution in [0.2, 0.25) is 5.02 Å². The second-order valence-corrected chi connectivity index (χ2v) is 5.08. The highest BCUT2D eigenvalue weighted by Gasteiger charge is 2.16. The van der Waals surface area contributed by atoms with E-state index in [4.69, 9.17) is 22.1 Å². The van der Waals surface area contributed by atoms with Crippen LogP contribution in [-0.2, 0) is 22.6 Å². The zero-order chi connectivity index (χ0) is 15.2. The van der Waals surface area contributed by atoms with E-state index in [2.05, 4.69) is 0 Å². The Hall–Kier alpha value is -2.04. The number of aromatic hydroxyl groups is 1. The van der Waals surface area contributed by atoms with Gasteiger partial charge >= 0.3 is 5.97 Å². The third-order valence-electron chi connectivity index (χ3n) is 3.02. The largest absolute Gasteiger partial charge is 0.508 e. The molecule has 0 aliphatic heterocycles. The van der Waals surface area contributed by atoms with Gasteiger partial charge in [0.05, 0.1) is 0 Å². The van der Waals surface area contributed by atoms with Crippen molar-refractivity contribution in [2.24, 2.45) is 5.73 Å². The molecule has 0 saturated carbocycles. The summed E-state index contributed by atoms with van der Waals surface area (Å²) in [5.41, 5.74) is 7.42. The van der Waals surface area contributed by atoms with Gasteiger partial charge in [-0.25, -0.2) is 0 Å². The summed E-state index contributed by atoms with van der Waals surface area (Å²) in [6.07, 6.45) is 0.349. The van der Waals surface area contributed by atoms with Crippen molar-refractivity contribution < 1.29 is 14.6 Å². The summed E-state index contributed by atoms with van der Waals surface area (Å²) in [5.74, 6) is -0.309. The van der Waals surface area contributed by atoms with E-state index in [1.165, 1.54) is 0 Å². The number of carbonyl (C=O) groups excluding carboxylic acids is 1. The van der Waals surface area contributed by atoms with Gasteiger partial charge in [-0.15, -0.1) is 0 Å². The van der Waals surface area contributed by atoms with Gasteiger partial charge < -0.3 is 15.6 Å². The van der Waals surface area contributed by atoms with Crippen LogP contribution >= 0.6 is 11.6 Å². The van der Waals surface area contributed by atoms with E-state index >= 15 is 0 Å². The lowest BCUT2D eigenvalue weighted by Crippen LogP contribution is -2.34. The van der Waals surface area contributed by atoms with Gasteiger partial charge in [-0.05, 0) is 30.2 Å². The Morgan fingerprint density at radius 3 is 2.52 bits per heavy atom. The first-order valence-corrected chi connectivity index (χ1v) is 6.87. The first-order chi connectivity index (χ1) is 10.1. The van der Waals surface area contributed by atoms with E-state index in [9.17, 15) is 9.90 Å². The number of halogens is 1. The Morgan fingerprint density at radius 2 is 1.86 bits per heavy atom. The van der Waals surface area contributed by atoms with Crippen molar-refractivity contribution in [2.45, 2.75) is 19.1 Å². The van der Waals surface area contributed by atoms with Gasteiger partial charge in [0.2, 0.25) is 0 Å². The van der Waals surface area contributed by atoms with Crippen LogP contribution in [0.25, 0.3) is 0 Å². The van der Waals surface area contributed by atoms with Crippen molar-refractivity contribution >= 4 is 17.6 Å². The fourth-order valence-corrected chi connectivity index (χ4v) is 2.03. The SMILES string of the molecule is N[C@@H](Cc1ccc(O)cc1)C(=O)OCc1ccccc1Cl. The molecule has 0 amide bonds. The number of rotatable bonds is 5. The highest BCUT2D eigenvalue weighted by molar-refractivity contribution is 6.31. The molecule has 110 valence electrons. The molecule has 0 saturated heterocycles. The van der Waals surface area contributed by atoms with Crippen LogP contribution in [0.5, 0.6) is 5.75 Å². The molecule has 2 rings (SSSR count). The monoisotopic (exact) mass is 305 g/mol. The first kappa shape index (κ1) is 15.4. The second-order valence-electron chi connectivity index (χ2n) is 4.68. The second kappa shape index (κ2) is 7.11. The van der Waals surface area contributed by atoms with Crippen molar-refractivity contribution in [3.8, 4) is 5.75 Å². The molecule has 0 radical (unpaired) electrons. The zero-order valence-electron chi connectivity index (χ0n) is 11.3. The average molecular weight is 306 g/mol. The lowest BCUT2D eigenvalue weighted by Gasteiger charge is -2.12. The summed E-state index contributed by atoms with van der Waals surface area (Å²) in [7, 11) is 0. The fraction of sp³-hybridized carbons (Fsp3) is 0.188. The van der Waals surface area contributed by atoms with Gasteiger partial charge in [-0.2, -0.15) is 0 Å². The van der Waals surface area contributed by atoms with Crippen LogP contribution in [0, 0.1) is 0 Å². The van der Waals surface area contributed by atoms with E-state index in [1.807, 2.05) is 12.1 Å². The highest BCUT2D eigenvalue weighted by Crippen LogP contribution is 2.16. The molecule has 0 heterocycles. The van der Waals surface area contributed by atoms with E-state index in [0.29, 0.717) is 11.4 Å². The highest BCUT2D eigenvalue weighted by atomic mass is 35.5. The normalized spacial score (nSPS) is 11.9. The molecule has 0 spiro atoms. The Labute approximate surface area is 128 Å². The minimum absolute atomic E-state index is 0.0990. The smallest absolute Gasteiger partial charge is 0.323 e. The fourth-order valence-electron chi connectivity index (χ4n) is 1.84.